The highest BCUT2D eigenvalue weighted by atomic mass is 127. The van der Waals surface area contributed by atoms with E-state index in [1.807, 2.05) is 13.2 Å². The van der Waals surface area contributed by atoms with E-state index in [0.717, 1.165) is 27.7 Å². The zero-order valence-corrected chi connectivity index (χ0v) is 16.2. The Hall–Kier alpha value is -0.590. The predicted octanol–water partition coefficient (Wildman–Crippen LogP) is 3.75. The number of carbonyl (C=O) groups is 1. The highest BCUT2D eigenvalue weighted by molar-refractivity contribution is 14.1. The summed E-state index contributed by atoms with van der Waals surface area (Å²) in [6.45, 7) is 2.23. The lowest BCUT2D eigenvalue weighted by Crippen LogP contribution is -2.56. The summed E-state index contributed by atoms with van der Waals surface area (Å²) in [5.74, 6) is 2.77. The van der Waals surface area contributed by atoms with Gasteiger partial charge in [0.1, 0.15) is 0 Å². The van der Waals surface area contributed by atoms with Crippen LogP contribution in [0.4, 0.5) is 0 Å². The van der Waals surface area contributed by atoms with Crippen LogP contribution in [0.15, 0.2) is 6.20 Å². The Bertz CT molecular complexity index is 588. The molecule has 1 aromatic heterocycles. The lowest BCUT2D eigenvalue weighted by molar-refractivity contribution is -0.0727. The normalized spacial score (nSPS) is 36.2. The van der Waals surface area contributed by atoms with E-state index in [9.17, 15) is 4.79 Å². The number of nitrogens with zero attached hydrogens (tertiary/aromatic N) is 2. The lowest BCUT2D eigenvalue weighted by atomic mass is 9.47. The van der Waals surface area contributed by atoms with Gasteiger partial charge in [-0.1, -0.05) is 6.92 Å². The summed E-state index contributed by atoms with van der Waals surface area (Å²) in [5, 5.41) is 7.72. The van der Waals surface area contributed by atoms with Gasteiger partial charge in [0.05, 0.1) is 3.57 Å². The molecule has 126 valence electrons. The molecule has 0 aromatic carbocycles. The van der Waals surface area contributed by atoms with Crippen molar-refractivity contribution in [1.29, 1.82) is 0 Å². The van der Waals surface area contributed by atoms with Gasteiger partial charge in [0, 0.05) is 19.3 Å². The third-order valence-corrected chi connectivity index (χ3v) is 7.33. The first kappa shape index (κ1) is 15.9. The summed E-state index contributed by atoms with van der Waals surface area (Å²) in [6, 6.07) is 0.307. The monoisotopic (exact) mass is 427 g/mol. The Morgan fingerprint density at radius 1 is 1.35 bits per heavy atom. The molecule has 0 radical (unpaired) electrons. The van der Waals surface area contributed by atoms with Crippen LogP contribution in [0.2, 0.25) is 0 Å². The van der Waals surface area contributed by atoms with Gasteiger partial charge < -0.3 is 5.32 Å². The number of carbonyl (C=O) groups excluding carboxylic acids is 1. The van der Waals surface area contributed by atoms with E-state index in [4.69, 9.17) is 0 Å². The molecule has 4 fully saturated rings. The van der Waals surface area contributed by atoms with Crippen molar-refractivity contribution in [2.75, 3.05) is 0 Å². The van der Waals surface area contributed by atoms with Crippen LogP contribution in [0.3, 0.4) is 0 Å². The van der Waals surface area contributed by atoms with Gasteiger partial charge >= 0.3 is 0 Å². The maximum absolute atomic E-state index is 12.7. The zero-order valence-electron chi connectivity index (χ0n) is 14.0. The molecule has 4 nitrogen and oxygen atoms in total. The topological polar surface area (TPSA) is 46.9 Å². The second-order valence-corrected chi connectivity index (χ2v) is 9.38. The smallest absolute Gasteiger partial charge is 0.273 e. The lowest BCUT2D eigenvalue weighted by Gasteiger charge is -2.59. The molecule has 0 saturated heterocycles. The molecule has 23 heavy (non-hydrogen) atoms. The summed E-state index contributed by atoms with van der Waals surface area (Å²) in [6.07, 6.45) is 11.3. The third kappa shape index (κ3) is 2.72. The van der Waals surface area contributed by atoms with E-state index in [-0.39, 0.29) is 5.91 Å². The third-order valence-electron chi connectivity index (χ3n) is 6.54. The van der Waals surface area contributed by atoms with Crippen molar-refractivity contribution in [2.45, 2.75) is 57.9 Å². The Morgan fingerprint density at radius 2 is 1.91 bits per heavy atom. The fraction of sp³-hybridized carbons (Fsp3) is 0.778. The SMILES string of the molecule is CCC(NC(=O)c1nn(C)cc1I)C12CC3CC(CC(C3)C1)C2. The molecule has 1 heterocycles. The van der Waals surface area contributed by atoms with Crippen molar-refractivity contribution in [3.8, 4) is 0 Å². The van der Waals surface area contributed by atoms with Gasteiger partial charge in [-0.05, 0) is 90.7 Å². The minimum absolute atomic E-state index is 0.0117. The molecular weight excluding hydrogens is 401 g/mol. The van der Waals surface area contributed by atoms with E-state index in [1.165, 1.54) is 38.5 Å². The molecule has 1 N–H and O–H groups in total. The molecular formula is C18H26IN3O. The Kier molecular flexibility index (Phi) is 3.97. The van der Waals surface area contributed by atoms with Gasteiger partial charge in [-0.2, -0.15) is 5.10 Å². The van der Waals surface area contributed by atoms with Crippen LogP contribution in [-0.4, -0.2) is 21.7 Å². The second-order valence-electron chi connectivity index (χ2n) is 8.21. The van der Waals surface area contributed by atoms with Gasteiger partial charge in [0.2, 0.25) is 0 Å². The molecule has 1 amide bonds. The van der Waals surface area contributed by atoms with Crippen molar-refractivity contribution in [2.24, 2.45) is 30.2 Å². The molecule has 4 bridgehead atoms. The molecule has 1 unspecified atom stereocenters. The molecule has 1 aromatic rings. The maximum atomic E-state index is 12.7. The molecule has 1 atom stereocenters. The van der Waals surface area contributed by atoms with Gasteiger partial charge in [0.25, 0.3) is 5.91 Å². The number of hydrogen-bond donors (Lipinski definition) is 1. The quantitative estimate of drug-likeness (QED) is 0.745. The van der Waals surface area contributed by atoms with Crippen LogP contribution in [0.25, 0.3) is 0 Å². The summed E-state index contributed by atoms with van der Waals surface area (Å²) < 4.78 is 2.66. The minimum Gasteiger partial charge on any atom is -0.347 e. The van der Waals surface area contributed by atoms with E-state index < -0.39 is 0 Å². The van der Waals surface area contributed by atoms with Gasteiger partial charge in [-0.25, -0.2) is 0 Å². The predicted molar refractivity (Wildman–Crippen MR) is 98.1 cm³/mol. The summed E-state index contributed by atoms with van der Waals surface area (Å²) in [7, 11) is 1.87. The Labute approximate surface area is 151 Å². The summed E-state index contributed by atoms with van der Waals surface area (Å²) >= 11 is 2.20. The molecule has 5 heteroatoms. The highest BCUT2D eigenvalue weighted by Crippen LogP contribution is 2.61. The Morgan fingerprint density at radius 3 is 2.35 bits per heavy atom. The summed E-state index contributed by atoms with van der Waals surface area (Å²) in [4.78, 5) is 12.7. The first-order chi connectivity index (χ1) is 11.0. The largest absolute Gasteiger partial charge is 0.347 e. The minimum atomic E-state index is 0.0117. The number of halogens is 1. The molecule has 4 aliphatic rings. The Balaban J connectivity index is 1.55. The first-order valence-electron chi connectivity index (χ1n) is 8.99. The number of aryl methyl sites for hydroxylation is 1. The molecule has 4 saturated carbocycles. The number of nitrogens with one attached hydrogen (secondary N) is 1. The first-order valence-corrected chi connectivity index (χ1v) is 10.1. The van der Waals surface area contributed by atoms with Crippen molar-refractivity contribution in [3.63, 3.8) is 0 Å². The van der Waals surface area contributed by atoms with Crippen molar-refractivity contribution >= 4 is 28.5 Å². The fourth-order valence-corrected chi connectivity index (χ4v) is 6.89. The van der Waals surface area contributed by atoms with Gasteiger partial charge in [-0.3, -0.25) is 9.48 Å². The maximum Gasteiger partial charge on any atom is 0.273 e. The number of amides is 1. The molecule has 0 spiro atoms. The van der Waals surface area contributed by atoms with Crippen LogP contribution in [0.1, 0.15) is 62.4 Å². The van der Waals surface area contributed by atoms with Gasteiger partial charge in [0.15, 0.2) is 5.69 Å². The average molecular weight is 427 g/mol. The van der Waals surface area contributed by atoms with E-state index in [0.29, 0.717) is 17.2 Å². The number of aromatic nitrogens is 2. The second kappa shape index (κ2) is 5.74. The van der Waals surface area contributed by atoms with E-state index in [2.05, 4.69) is 39.9 Å². The van der Waals surface area contributed by atoms with Crippen LogP contribution in [-0.2, 0) is 7.05 Å². The zero-order chi connectivity index (χ0) is 16.2. The highest BCUT2D eigenvalue weighted by Gasteiger charge is 2.54. The van der Waals surface area contributed by atoms with Crippen molar-refractivity contribution in [3.05, 3.63) is 15.5 Å². The fourth-order valence-electron chi connectivity index (χ4n) is 6.13. The van der Waals surface area contributed by atoms with Gasteiger partial charge in [-0.15, -0.1) is 0 Å². The van der Waals surface area contributed by atoms with Crippen LogP contribution >= 0.6 is 22.6 Å². The number of hydrogen-bond acceptors (Lipinski definition) is 2. The van der Waals surface area contributed by atoms with Crippen molar-refractivity contribution < 1.29 is 4.79 Å². The van der Waals surface area contributed by atoms with Crippen LogP contribution < -0.4 is 5.32 Å². The van der Waals surface area contributed by atoms with E-state index in [1.54, 1.807) is 4.68 Å². The van der Waals surface area contributed by atoms with E-state index >= 15 is 0 Å². The molecule has 4 aliphatic carbocycles. The molecule has 0 aliphatic heterocycles. The van der Waals surface area contributed by atoms with Crippen LogP contribution in [0, 0.1) is 26.7 Å². The number of rotatable bonds is 4. The van der Waals surface area contributed by atoms with Crippen molar-refractivity contribution in [1.82, 2.24) is 15.1 Å². The molecule has 5 rings (SSSR count). The standard InChI is InChI=1S/C18H26IN3O/c1-3-15(20-17(23)16-14(19)10-22(2)21-16)18-7-11-4-12(8-18)6-13(5-11)9-18/h10-13,15H,3-9H2,1-2H3,(H,20,23). The summed E-state index contributed by atoms with van der Waals surface area (Å²) in [5.41, 5.74) is 0.940. The van der Waals surface area contributed by atoms with Crippen LogP contribution in [0.5, 0.6) is 0 Å². The average Bonchev–Trinajstić information content (AvgIpc) is 2.81.